The smallest absolute Gasteiger partial charge is 0.185 e. The van der Waals surface area contributed by atoms with Crippen LogP contribution in [-0.4, -0.2) is 20.7 Å². The predicted octanol–water partition coefficient (Wildman–Crippen LogP) is 3.53. The standard InChI is InChI=1S/C19H16N2O2/c22-18-8-4-7-17(11-18)19(23)10-9-16-12-20-21(14-16)13-15-5-2-1-3-6-15/h1-12,14,22H,13H2. The average Bonchev–Trinajstić information content (AvgIpc) is 3.01. The Bertz CT molecular complexity index is 835. The van der Waals surface area contributed by atoms with Gasteiger partial charge in [0.25, 0.3) is 0 Å². The predicted molar refractivity (Wildman–Crippen MR) is 89.2 cm³/mol. The SMILES string of the molecule is O=C(C=Cc1cnn(Cc2ccccc2)c1)c1cccc(O)c1. The quantitative estimate of drug-likeness (QED) is 0.579. The second-order valence-corrected chi connectivity index (χ2v) is 5.20. The number of benzene rings is 2. The van der Waals surface area contributed by atoms with Crippen molar-refractivity contribution in [1.82, 2.24) is 9.78 Å². The molecule has 3 aromatic rings. The number of phenolic OH excluding ortho intramolecular Hbond substituents is 1. The zero-order valence-corrected chi connectivity index (χ0v) is 12.5. The summed E-state index contributed by atoms with van der Waals surface area (Å²) in [4.78, 5) is 12.0. The number of aromatic hydroxyl groups is 1. The zero-order valence-electron chi connectivity index (χ0n) is 12.5. The van der Waals surface area contributed by atoms with Gasteiger partial charge >= 0.3 is 0 Å². The molecule has 0 aliphatic rings. The summed E-state index contributed by atoms with van der Waals surface area (Å²) < 4.78 is 1.83. The fourth-order valence-electron chi connectivity index (χ4n) is 2.25. The van der Waals surface area contributed by atoms with Gasteiger partial charge in [-0.2, -0.15) is 5.10 Å². The number of carbonyl (C=O) groups excluding carboxylic acids is 1. The Balaban J connectivity index is 1.68. The van der Waals surface area contributed by atoms with E-state index in [9.17, 15) is 9.90 Å². The minimum atomic E-state index is -0.156. The van der Waals surface area contributed by atoms with Crippen LogP contribution in [0.4, 0.5) is 0 Å². The summed E-state index contributed by atoms with van der Waals surface area (Å²) in [5.41, 5.74) is 2.48. The molecule has 0 aliphatic heterocycles. The van der Waals surface area contributed by atoms with E-state index in [1.54, 1.807) is 24.4 Å². The first-order valence-corrected chi connectivity index (χ1v) is 7.28. The van der Waals surface area contributed by atoms with Gasteiger partial charge < -0.3 is 5.11 Å². The maximum Gasteiger partial charge on any atom is 0.185 e. The Kier molecular flexibility index (Phi) is 4.34. The van der Waals surface area contributed by atoms with Gasteiger partial charge in [0.05, 0.1) is 12.7 Å². The first-order chi connectivity index (χ1) is 11.2. The maximum atomic E-state index is 12.0. The van der Waals surface area contributed by atoms with Gasteiger partial charge in [-0.05, 0) is 29.8 Å². The van der Waals surface area contributed by atoms with E-state index in [4.69, 9.17) is 0 Å². The lowest BCUT2D eigenvalue weighted by atomic mass is 10.1. The molecule has 0 amide bonds. The number of phenols is 1. The lowest BCUT2D eigenvalue weighted by Gasteiger charge is -2.00. The Labute approximate surface area is 134 Å². The zero-order chi connectivity index (χ0) is 16.1. The third-order valence-electron chi connectivity index (χ3n) is 3.40. The lowest BCUT2D eigenvalue weighted by molar-refractivity contribution is 0.104. The Morgan fingerprint density at radius 2 is 1.96 bits per heavy atom. The minimum absolute atomic E-state index is 0.0833. The average molecular weight is 304 g/mol. The Morgan fingerprint density at radius 1 is 1.13 bits per heavy atom. The summed E-state index contributed by atoms with van der Waals surface area (Å²) in [6, 6.07) is 16.4. The number of allylic oxidation sites excluding steroid dienone is 1. The monoisotopic (exact) mass is 304 g/mol. The van der Waals surface area contributed by atoms with E-state index in [2.05, 4.69) is 5.10 Å². The van der Waals surface area contributed by atoms with Crippen LogP contribution in [0.25, 0.3) is 6.08 Å². The van der Waals surface area contributed by atoms with E-state index >= 15 is 0 Å². The number of aromatic nitrogens is 2. The summed E-state index contributed by atoms with van der Waals surface area (Å²) >= 11 is 0. The number of rotatable bonds is 5. The molecule has 3 rings (SSSR count). The van der Waals surface area contributed by atoms with Crippen molar-refractivity contribution in [2.45, 2.75) is 6.54 Å². The number of ketones is 1. The molecule has 0 bridgehead atoms. The van der Waals surface area contributed by atoms with Crippen molar-refractivity contribution in [3.05, 3.63) is 89.8 Å². The van der Waals surface area contributed by atoms with Crippen LogP contribution in [0.15, 0.2) is 73.1 Å². The van der Waals surface area contributed by atoms with Gasteiger partial charge in [0.2, 0.25) is 0 Å². The first-order valence-electron chi connectivity index (χ1n) is 7.28. The molecule has 0 aliphatic carbocycles. The van der Waals surface area contributed by atoms with Crippen molar-refractivity contribution in [3.63, 3.8) is 0 Å². The van der Waals surface area contributed by atoms with Gasteiger partial charge in [-0.3, -0.25) is 9.48 Å². The van der Waals surface area contributed by atoms with Crippen molar-refractivity contribution in [1.29, 1.82) is 0 Å². The molecule has 2 aromatic carbocycles. The molecule has 0 fully saturated rings. The van der Waals surface area contributed by atoms with Gasteiger partial charge in [-0.1, -0.05) is 42.5 Å². The number of carbonyl (C=O) groups is 1. The largest absolute Gasteiger partial charge is 0.508 e. The molecule has 0 saturated heterocycles. The molecule has 1 heterocycles. The highest BCUT2D eigenvalue weighted by Gasteiger charge is 2.03. The molecule has 114 valence electrons. The molecular weight excluding hydrogens is 288 g/mol. The fraction of sp³-hybridized carbons (Fsp3) is 0.0526. The molecule has 4 heteroatoms. The highest BCUT2D eigenvalue weighted by Crippen LogP contribution is 2.12. The van der Waals surface area contributed by atoms with E-state index in [1.807, 2.05) is 41.2 Å². The van der Waals surface area contributed by atoms with Crippen molar-refractivity contribution in [2.75, 3.05) is 0 Å². The van der Waals surface area contributed by atoms with Crippen LogP contribution in [0.1, 0.15) is 21.5 Å². The summed E-state index contributed by atoms with van der Waals surface area (Å²) in [7, 11) is 0. The second-order valence-electron chi connectivity index (χ2n) is 5.20. The van der Waals surface area contributed by atoms with Crippen molar-refractivity contribution in [3.8, 4) is 5.75 Å². The first kappa shape index (κ1) is 14.8. The van der Waals surface area contributed by atoms with Gasteiger partial charge in [0.1, 0.15) is 5.75 Å². The topological polar surface area (TPSA) is 55.1 Å². The highest BCUT2D eigenvalue weighted by molar-refractivity contribution is 6.06. The van der Waals surface area contributed by atoms with Crippen molar-refractivity contribution < 1.29 is 9.90 Å². The number of hydrogen-bond donors (Lipinski definition) is 1. The van der Waals surface area contributed by atoms with E-state index < -0.39 is 0 Å². The molecule has 1 N–H and O–H groups in total. The number of nitrogens with zero attached hydrogens (tertiary/aromatic N) is 2. The summed E-state index contributed by atoms with van der Waals surface area (Å²) in [5, 5.41) is 13.7. The molecule has 0 unspecified atom stereocenters. The van der Waals surface area contributed by atoms with Gasteiger partial charge in [-0.25, -0.2) is 0 Å². The molecule has 0 atom stereocenters. The van der Waals surface area contributed by atoms with E-state index in [-0.39, 0.29) is 11.5 Å². The maximum absolute atomic E-state index is 12.0. The molecule has 23 heavy (non-hydrogen) atoms. The van der Waals surface area contributed by atoms with Crippen LogP contribution < -0.4 is 0 Å². The normalized spacial score (nSPS) is 11.0. The second kappa shape index (κ2) is 6.75. The fourth-order valence-corrected chi connectivity index (χ4v) is 2.25. The van der Waals surface area contributed by atoms with E-state index in [0.29, 0.717) is 12.1 Å². The summed E-state index contributed by atoms with van der Waals surface area (Å²) in [5.74, 6) is -0.0726. The van der Waals surface area contributed by atoms with Crippen LogP contribution in [0.5, 0.6) is 5.75 Å². The van der Waals surface area contributed by atoms with Crippen LogP contribution in [0.3, 0.4) is 0 Å². The van der Waals surface area contributed by atoms with Crippen molar-refractivity contribution >= 4 is 11.9 Å². The molecule has 4 nitrogen and oxygen atoms in total. The van der Waals surface area contributed by atoms with Crippen LogP contribution in [-0.2, 0) is 6.54 Å². The minimum Gasteiger partial charge on any atom is -0.508 e. The number of hydrogen-bond acceptors (Lipinski definition) is 3. The van der Waals surface area contributed by atoms with Crippen LogP contribution in [0, 0.1) is 0 Å². The third kappa shape index (κ3) is 3.95. The molecule has 1 aromatic heterocycles. The summed E-state index contributed by atoms with van der Waals surface area (Å²) in [6.07, 6.45) is 6.81. The van der Waals surface area contributed by atoms with Crippen LogP contribution in [0.2, 0.25) is 0 Å². The summed E-state index contributed by atoms with van der Waals surface area (Å²) in [6.45, 7) is 0.690. The Hall–Kier alpha value is -3.14. The molecule has 0 spiro atoms. The van der Waals surface area contributed by atoms with Gasteiger partial charge in [0.15, 0.2) is 5.78 Å². The third-order valence-corrected chi connectivity index (χ3v) is 3.40. The van der Waals surface area contributed by atoms with Gasteiger partial charge in [-0.15, -0.1) is 0 Å². The van der Waals surface area contributed by atoms with E-state index in [1.165, 1.54) is 23.8 Å². The highest BCUT2D eigenvalue weighted by atomic mass is 16.3. The lowest BCUT2D eigenvalue weighted by Crippen LogP contribution is -1.99. The van der Waals surface area contributed by atoms with Gasteiger partial charge in [0, 0.05) is 17.3 Å². The van der Waals surface area contributed by atoms with E-state index in [0.717, 1.165) is 5.56 Å². The van der Waals surface area contributed by atoms with Crippen molar-refractivity contribution in [2.24, 2.45) is 0 Å². The molecule has 0 saturated carbocycles. The van der Waals surface area contributed by atoms with Crippen LogP contribution >= 0.6 is 0 Å². The Morgan fingerprint density at radius 3 is 2.74 bits per heavy atom. The molecule has 0 radical (unpaired) electrons. The molecular formula is C19H16N2O2.